The summed E-state index contributed by atoms with van der Waals surface area (Å²) in [6.07, 6.45) is 0. The summed E-state index contributed by atoms with van der Waals surface area (Å²) in [6, 6.07) is 1.73. The van der Waals surface area contributed by atoms with Crippen LogP contribution in [0.15, 0.2) is 24.3 Å². The van der Waals surface area contributed by atoms with E-state index in [1.165, 1.54) is 0 Å². The van der Waals surface area contributed by atoms with Gasteiger partial charge in [0.15, 0.2) is 0 Å². The number of hydrogen-bond acceptors (Lipinski definition) is 0. The van der Waals surface area contributed by atoms with E-state index in [-0.39, 0.29) is 0 Å². The summed E-state index contributed by atoms with van der Waals surface area (Å²) in [6.45, 7) is 0. The fourth-order valence-electron chi connectivity index (χ4n) is 1.45. The minimum atomic E-state index is -2.07. The van der Waals surface area contributed by atoms with E-state index in [9.17, 15) is 26.3 Å². The average molecular weight is 310 g/mol. The van der Waals surface area contributed by atoms with Crippen LogP contribution >= 0.6 is 0 Å². The Kier molecular flexibility index (Phi) is 4.01. The van der Waals surface area contributed by atoms with Crippen LogP contribution < -0.4 is 7.74 Å². The Morgan fingerprint density at radius 2 is 0.789 bits per heavy atom. The van der Waals surface area contributed by atoms with Gasteiger partial charge in [0, 0.05) is 0 Å². The third-order valence-electron chi connectivity index (χ3n) is 2.26. The van der Waals surface area contributed by atoms with E-state index in [0.717, 1.165) is 0 Å². The van der Waals surface area contributed by atoms with E-state index >= 15 is 0 Å². The summed E-state index contributed by atoms with van der Waals surface area (Å²) in [5.41, 5.74) is 0. The molecule has 0 fully saturated rings. The summed E-state index contributed by atoms with van der Waals surface area (Å²) in [7, 11) is 0. The first kappa shape index (κ1) is 14.1. The molecule has 0 aliphatic carbocycles. The van der Waals surface area contributed by atoms with Crippen molar-refractivity contribution in [3.8, 4) is 0 Å². The Labute approximate surface area is 113 Å². The zero-order valence-corrected chi connectivity index (χ0v) is 10.6. The molecule has 2 rings (SSSR count). The Bertz CT molecular complexity index is 539. The predicted molar refractivity (Wildman–Crippen MR) is 51.9 cm³/mol. The first-order chi connectivity index (χ1) is 8.88. The van der Waals surface area contributed by atoms with Crippen LogP contribution in [0.1, 0.15) is 0 Å². The van der Waals surface area contributed by atoms with Gasteiger partial charge in [-0.1, -0.05) is 0 Å². The molecule has 0 heterocycles. The van der Waals surface area contributed by atoms with Gasteiger partial charge in [-0.15, -0.1) is 0 Å². The molecule has 0 saturated heterocycles. The summed E-state index contributed by atoms with van der Waals surface area (Å²) in [5.74, 6) is -7.07. The standard InChI is InChI=1S/2C6H2F3.Ti/c2*7-4-1-5(8)3-6(9)2-4;/h2*1-2H;. The van der Waals surface area contributed by atoms with Crippen LogP contribution in [-0.4, -0.2) is 0 Å². The zero-order valence-electron chi connectivity index (χ0n) is 9.08. The van der Waals surface area contributed by atoms with Crippen molar-refractivity contribution in [3.63, 3.8) is 0 Å². The van der Waals surface area contributed by atoms with Gasteiger partial charge in [0.25, 0.3) is 0 Å². The third kappa shape index (κ3) is 3.01. The average Bonchev–Trinajstić information content (AvgIpc) is 2.25. The van der Waals surface area contributed by atoms with E-state index in [2.05, 4.69) is 0 Å². The van der Waals surface area contributed by atoms with E-state index < -0.39 is 61.8 Å². The van der Waals surface area contributed by atoms with Crippen molar-refractivity contribution < 1.29 is 45.5 Å². The molecule has 7 heteroatoms. The molecule has 0 aliphatic rings. The quantitative estimate of drug-likeness (QED) is 0.591. The maximum atomic E-state index is 13.4. The normalized spacial score (nSPS) is 10.6. The SMILES string of the molecule is Fc1cc(F)[c]([Ti][c]2c(F)cc(F)cc2F)c(F)c1. The van der Waals surface area contributed by atoms with Crippen LogP contribution in [0.4, 0.5) is 26.3 Å². The molecule has 0 atom stereocenters. The maximum absolute atomic E-state index is 13.4. The molecular formula is C12H4F6Ti. The van der Waals surface area contributed by atoms with Gasteiger partial charge in [0.05, 0.1) is 0 Å². The molecule has 2 aromatic carbocycles. The van der Waals surface area contributed by atoms with Crippen molar-refractivity contribution in [1.29, 1.82) is 0 Å². The minimum absolute atomic E-state index is 0.432. The van der Waals surface area contributed by atoms with Gasteiger partial charge < -0.3 is 0 Å². The molecule has 2 aromatic rings. The molecule has 0 spiro atoms. The van der Waals surface area contributed by atoms with Gasteiger partial charge in [-0.3, -0.25) is 0 Å². The first-order valence-corrected chi connectivity index (χ1v) is 6.50. The van der Waals surface area contributed by atoms with Crippen molar-refractivity contribution >= 4 is 7.74 Å². The molecule has 98 valence electrons. The second-order valence-corrected chi connectivity index (χ2v) is 5.57. The van der Waals surface area contributed by atoms with Gasteiger partial charge in [0.2, 0.25) is 0 Å². The van der Waals surface area contributed by atoms with Crippen molar-refractivity contribution in [3.05, 3.63) is 59.2 Å². The molecule has 0 N–H and O–H groups in total. The molecule has 0 amide bonds. The Morgan fingerprint density at radius 3 is 1.05 bits per heavy atom. The second kappa shape index (κ2) is 5.39. The Balaban J connectivity index is 2.48. The van der Waals surface area contributed by atoms with Crippen molar-refractivity contribution in [2.24, 2.45) is 0 Å². The third-order valence-corrected chi connectivity index (χ3v) is 4.54. The monoisotopic (exact) mass is 310 g/mol. The van der Waals surface area contributed by atoms with Crippen LogP contribution in [0.2, 0.25) is 0 Å². The second-order valence-electron chi connectivity index (χ2n) is 3.61. The summed E-state index contributed by atoms with van der Waals surface area (Å²) in [5, 5.41) is 0. The van der Waals surface area contributed by atoms with Crippen LogP contribution in [0.5, 0.6) is 0 Å². The topological polar surface area (TPSA) is 0 Å². The Hall–Kier alpha value is -1.27. The van der Waals surface area contributed by atoms with Gasteiger partial charge in [-0.25, -0.2) is 0 Å². The summed E-state index contributed by atoms with van der Waals surface area (Å²) < 4.78 is 77.7. The van der Waals surface area contributed by atoms with Crippen molar-refractivity contribution in [1.82, 2.24) is 0 Å². The number of halogens is 6. The van der Waals surface area contributed by atoms with Crippen LogP contribution in [-0.2, 0) is 19.2 Å². The molecule has 0 aliphatic heterocycles. The summed E-state index contributed by atoms with van der Waals surface area (Å²) in [4.78, 5) is 0. The van der Waals surface area contributed by atoms with Crippen LogP contribution in [0.3, 0.4) is 0 Å². The number of rotatable bonds is 2. The molecule has 0 bridgehead atoms. The van der Waals surface area contributed by atoms with Gasteiger partial charge in [-0.2, -0.15) is 0 Å². The van der Waals surface area contributed by atoms with Crippen molar-refractivity contribution in [2.75, 3.05) is 0 Å². The van der Waals surface area contributed by atoms with Gasteiger partial charge in [0.1, 0.15) is 0 Å². The van der Waals surface area contributed by atoms with E-state index in [1.54, 1.807) is 0 Å². The van der Waals surface area contributed by atoms with E-state index in [4.69, 9.17) is 0 Å². The van der Waals surface area contributed by atoms with Crippen molar-refractivity contribution in [2.45, 2.75) is 0 Å². The first-order valence-electron chi connectivity index (χ1n) is 4.94. The van der Waals surface area contributed by atoms with E-state index in [1.807, 2.05) is 0 Å². The van der Waals surface area contributed by atoms with Gasteiger partial charge >= 0.3 is 112 Å². The van der Waals surface area contributed by atoms with Crippen LogP contribution in [0.25, 0.3) is 0 Å². The molecule has 0 saturated carbocycles. The van der Waals surface area contributed by atoms with Crippen LogP contribution in [0, 0.1) is 34.9 Å². The fourth-order valence-corrected chi connectivity index (χ4v) is 3.04. The number of hydrogen-bond donors (Lipinski definition) is 0. The fraction of sp³-hybridized carbons (Fsp3) is 0. The zero-order chi connectivity index (χ0) is 14.2. The molecule has 0 radical (unpaired) electrons. The molecule has 19 heavy (non-hydrogen) atoms. The number of benzene rings is 2. The predicted octanol–water partition coefficient (Wildman–Crippen LogP) is 2.55. The summed E-state index contributed by atoms with van der Waals surface area (Å²) >= 11 is -2.07. The molecular weight excluding hydrogens is 306 g/mol. The molecule has 0 unspecified atom stereocenters. The molecule has 0 nitrogen and oxygen atoms in total. The Morgan fingerprint density at radius 1 is 0.526 bits per heavy atom. The molecule has 0 aromatic heterocycles. The van der Waals surface area contributed by atoms with Gasteiger partial charge in [-0.05, 0) is 0 Å². The van der Waals surface area contributed by atoms with E-state index in [0.29, 0.717) is 24.3 Å².